The maximum Gasteiger partial charge on any atom is 0.416 e. The average molecular weight is 437 g/mol. The van der Waals surface area contributed by atoms with Crippen molar-refractivity contribution in [3.05, 3.63) is 71.8 Å². The van der Waals surface area contributed by atoms with Gasteiger partial charge in [0.2, 0.25) is 0 Å². The number of para-hydroxylation sites is 1. The van der Waals surface area contributed by atoms with Gasteiger partial charge < -0.3 is 19.5 Å². The molecule has 0 atom stereocenters. The molecule has 0 aliphatic heterocycles. The zero-order valence-corrected chi connectivity index (χ0v) is 16.8. The molecule has 0 saturated heterocycles. The van der Waals surface area contributed by atoms with E-state index < -0.39 is 23.7 Å². The van der Waals surface area contributed by atoms with Gasteiger partial charge in [0.15, 0.2) is 0 Å². The number of alkyl halides is 3. The van der Waals surface area contributed by atoms with Crippen molar-refractivity contribution in [2.45, 2.75) is 13.1 Å². The summed E-state index contributed by atoms with van der Waals surface area (Å²) in [6.45, 7) is 5.19. The van der Waals surface area contributed by atoms with Gasteiger partial charge in [0.05, 0.1) is 30.0 Å². The molecule has 0 saturated carbocycles. The van der Waals surface area contributed by atoms with Gasteiger partial charge in [-0.1, -0.05) is 24.8 Å². The first-order valence-electron chi connectivity index (χ1n) is 9.29. The highest BCUT2D eigenvalue weighted by molar-refractivity contribution is 5.96. The molecule has 2 aromatic carbocycles. The van der Waals surface area contributed by atoms with Crippen molar-refractivity contribution in [3.63, 3.8) is 0 Å². The van der Waals surface area contributed by atoms with E-state index in [9.17, 15) is 22.8 Å². The molecule has 0 radical (unpaired) electrons. The minimum Gasteiger partial charge on any atom is -0.460 e. The van der Waals surface area contributed by atoms with Crippen molar-refractivity contribution in [2.75, 3.05) is 31.7 Å². The highest BCUT2D eigenvalue weighted by Crippen LogP contribution is 2.31. The first kappa shape index (κ1) is 23.9. The second-order valence-corrected chi connectivity index (χ2v) is 6.41. The van der Waals surface area contributed by atoms with E-state index in [0.29, 0.717) is 5.69 Å². The van der Waals surface area contributed by atoms with Crippen LogP contribution in [0.15, 0.2) is 60.7 Å². The van der Waals surface area contributed by atoms with E-state index in [1.54, 1.807) is 18.2 Å². The highest BCUT2D eigenvalue weighted by Gasteiger charge is 2.30. The molecule has 166 valence electrons. The summed E-state index contributed by atoms with van der Waals surface area (Å²) in [7, 11) is 0. The number of rotatable bonds is 10. The fourth-order valence-electron chi connectivity index (χ4n) is 2.39. The lowest BCUT2D eigenvalue weighted by Gasteiger charge is -2.13. The summed E-state index contributed by atoms with van der Waals surface area (Å²) >= 11 is 0. The normalized spacial score (nSPS) is 11.0. The number of esters is 2. The van der Waals surface area contributed by atoms with Crippen LogP contribution in [0.2, 0.25) is 0 Å². The number of hydrogen-bond acceptors (Lipinski definition) is 6. The molecule has 0 spiro atoms. The van der Waals surface area contributed by atoms with Crippen LogP contribution in [0.25, 0.3) is 0 Å². The standard InChI is InChI=1S/C22H22F3NO5/c1-15(2)20(27)30-12-10-29-11-13-31-21(28)18-8-3-4-9-19(18)26-17-7-5-6-16(14-17)22(23,24)25/h3-9,14,26H,1,10-13H2,2H3. The fourth-order valence-corrected chi connectivity index (χ4v) is 2.39. The van der Waals surface area contributed by atoms with Gasteiger partial charge in [-0.15, -0.1) is 0 Å². The van der Waals surface area contributed by atoms with Crippen LogP contribution in [0.1, 0.15) is 22.8 Å². The van der Waals surface area contributed by atoms with E-state index in [-0.39, 0.29) is 43.3 Å². The van der Waals surface area contributed by atoms with Crippen LogP contribution in [0.5, 0.6) is 0 Å². The van der Waals surface area contributed by atoms with Gasteiger partial charge in [-0.05, 0) is 37.3 Å². The number of hydrogen-bond donors (Lipinski definition) is 1. The van der Waals surface area contributed by atoms with Crippen LogP contribution in [0.4, 0.5) is 24.5 Å². The highest BCUT2D eigenvalue weighted by atomic mass is 19.4. The van der Waals surface area contributed by atoms with E-state index in [1.165, 1.54) is 25.1 Å². The van der Waals surface area contributed by atoms with Crippen LogP contribution in [-0.4, -0.2) is 38.4 Å². The monoisotopic (exact) mass is 437 g/mol. The summed E-state index contributed by atoms with van der Waals surface area (Å²) in [4.78, 5) is 23.6. The van der Waals surface area contributed by atoms with E-state index in [1.807, 2.05) is 0 Å². The SMILES string of the molecule is C=C(C)C(=O)OCCOCCOC(=O)c1ccccc1Nc1cccc(C(F)(F)F)c1. The predicted octanol–water partition coefficient (Wildman–Crippen LogP) is 4.74. The summed E-state index contributed by atoms with van der Waals surface area (Å²) in [6.07, 6.45) is -4.47. The Hall–Kier alpha value is -3.33. The van der Waals surface area contributed by atoms with Gasteiger partial charge in [-0.25, -0.2) is 9.59 Å². The van der Waals surface area contributed by atoms with Crippen molar-refractivity contribution in [1.82, 2.24) is 0 Å². The molecule has 0 bridgehead atoms. The van der Waals surface area contributed by atoms with Crippen LogP contribution < -0.4 is 5.32 Å². The second kappa shape index (κ2) is 11.2. The molecule has 0 fully saturated rings. The third-order valence-electron chi connectivity index (χ3n) is 3.89. The van der Waals surface area contributed by atoms with Gasteiger partial charge in [0.1, 0.15) is 13.2 Å². The number of ether oxygens (including phenoxy) is 3. The molecule has 9 heteroatoms. The summed E-state index contributed by atoms with van der Waals surface area (Å²) < 4.78 is 53.9. The van der Waals surface area contributed by atoms with Crippen LogP contribution in [0.3, 0.4) is 0 Å². The van der Waals surface area contributed by atoms with E-state index >= 15 is 0 Å². The minimum absolute atomic E-state index is 0.0450. The smallest absolute Gasteiger partial charge is 0.416 e. The van der Waals surface area contributed by atoms with E-state index in [0.717, 1.165) is 12.1 Å². The Kier molecular flexibility index (Phi) is 8.63. The first-order chi connectivity index (χ1) is 14.7. The lowest BCUT2D eigenvalue weighted by atomic mass is 10.1. The lowest BCUT2D eigenvalue weighted by Crippen LogP contribution is -2.15. The van der Waals surface area contributed by atoms with Gasteiger partial charge in [-0.3, -0.25) is 0 Å². The third-order valence-corrected chi connectivity index (χ3v) is 3.89. The number of nitrogens with one attached hydrogen (secondary N) is 1. The first-order valence-corrected chi connectivity index (χ1v) is 9.29. The molecule has 2 rings (SSSR count). The molecule has 2 aromatic rings. The number of carbonyl (C=O) groups is 2. The molecule has 31 heavy (non-hydrogen) atoms. The maximum atomic E-state index is 12.9. The summed E-state index contributed by atoms with van der Waals surface area (Å²) in [5.41, 5.74) is 0.132. The Morgan fingerprint density at radius 2 is 1.65 bits per heavy atom. The molecular weight excluding hydrogens is 415 g/mol. The Balaban J connectivity index is 1.87. The fraction of sp³-hybridized carbons (Fsp3) is 0.273. The quantitative estimate of drug-likeness (QED) is 0.329. The summed E-state index contributed by atoms with van der Waals surface area (Å²) in [5.74, 6) is -1.17. The molecular formula is C22H22F3NO5. The zero-order chi connectivity index (χ0) is 22.9. The Morgan fingerprint density at radius 3 is 2.32 bits per heavy atom. The van der Waals surface area contributed by atoms with Crippen molar-refractivity contribution in [3.8, 4) is 0 Å². The molecule has 0 amide bonds. The zero-order valence-electron chi connectivity index (χ0n) is 16.8. The van der Waals surface area contributed by atoms with Gasteiger partial charge in [0.25, 0.3) is 0 Å². The van der Waals surface area contributed by atoms with E-state index in [4.69, 9.17) is 14.2 Å². The molecule has 0 aliphatic rings. The number of anilines is 2. The van der Waals surface area contributed by atoms with Crippen LogP contribution in [-0.2, 0) is 25.2 Å². The number of carbonyl (C=O) groups excluding carboxylic acids is 2. The Labute approximate surface area is 177 Å². The molecule has 0 aliphatic carbocycles. The molecule has 1 N–H and O–H groups in total. The largest absolute Gasteiger partial charge is 0.460 e. The predicted molar refractivity (Wildman–Crippen MR) is 108 cm³/mol. The van der Waals surface area contributed by atoms with Crippen molar-refractivity contribution in [2.24, 2.45) is 0 Å². The van der Waals surface area contributed by atoms with Crippen LogP contribution >= 0.6 is 0 Å². The summed E-state index contributed by atoms with van der Waals surface area (Å²) in [5, 5.41) is 2.82. The van der Waals surface area contributed by atoms with Crippen molar-refractivity contribution < 1.29 is 37.0 Å². The van der Waals surface area contributed by atoms with Gasteiger partial charge in [0, 0.05) is 11.3 Å². The lowest BCUT2D eigenvalue weighted by molar-refractivity contribution is -0.140. The Bertz CT molecular complexity index is 927. The maximum absolute atomic E-state index is 12.9. The van der Waals surface area contributed by atoms with Crippen molar-refractivity contribution in [1.29, 1.82) is 0 Å². The average Bonchev–Trinajstić information content (AvgIpc) is 2.72. The number of benzene rings is 2. The second-order valence-electron chi connectivity index (χ2n) is 6.41. The summed E-state index contributed by atoms with van der Waals surface area (Å²) in [6, 6.07) is 11.0. The molecule has 0 heterocycles. The molecule has 6 nitrogen and oxygen atoms in total. The van der Waals surface area contributed by atoms with Crippen LogP contribution in [0, 0.1) is 0 Å². The van der Waals surface area contributed by atoms with Gasteiger partial charge >= 0.3 is 18.1 Å². The van der Waals surface area contributed by atoms with Crippen molar-refractivity contribution >= 4 is 23.3 Å². The molecule has 0 aromatic heterocycles. The van der Waals surface area contributed by atoms with Gasteiger partial charge in [-0.2, -0.15) is 13.2 Å². The third kappa shape index (κ3) is 7.78. The minimum atomic E-state index is -4.47. The van der Waals surface area contributed by atoms with E-state index in [2.05, 4.69) is 11.9 Å². The number of halogens is 3. The Morgan fingerprint density at radius 1 is 0.968 bits per heavy atom. The topological polar surface area (TPSA) is 73.9 Å². The molecule has 0 unspecified atom stereocenters.